The SMILES string of the molecule is Cc1coc2c(C)c3oc(=O)c(CC(=O)Nc4ccncc4)c(C)c3cc12. The number of amides is 1. The molecule has 6 heteroatoms. The van der Waals surface area contributed by atoms with Crippen molar-refractivity contribution in [3.63, 3.8) is 0 Å². The van der Waals surface area contributed by atoms with Gasteiger partial charge in [0.15, 0.2) is 0 Å². The molecule has 0 spiro atoms. The maximum absolute atomic E-state index is 12.5. The molecule has 3 heterocycles. The van der Waals surface area contributed by atoms with Gasteiger partial charge < -0.3 is 14.2 Å². The van der Waals surface area contributed by atoms with E-state index < -0.39 is 5.63 Å². The van der Waals surface area contributed by atoms with Crippen LogP contribution in [-0.4, -0.2) is 10.9 Å². The molecule has 27 heavy (non-hydrogen) atoms. The van der Waals surface area contributed by atoms with E-state index in [9.17, 15) is 9.59 Å². The normalized spacial score (nSPS) is 11.2. The number of aryl methyl sites for hydroxylation is 3. The highest BCUT2D eigenvalue weighted by Gasteiger charge is 2.19. The fourth-order valence-electron chi connectivity index (χ4n) is 3.32. The molecule has 136 valence electrons. The van der Waals surface area contributed by atoms with Crippen LogP contribution >= 0.6 is 0 Å². The van der Waals surface area contributed by atoms with E-state index in [2.05, 4.69) is 10.3 Å². The lowest BCUT2D eigenvalue weighted by Gasteiger charge is -2.10. The number of carbonyl (C=O) groups excluding carboxylic acids is 1. The van der Waals surface area contributed by atoms with Crippen molar-refractivity contribution in [2.45, 2.75) is 27.2 Å². The first kappa shape index (κ1) is 17.0. The lowest BCUT2D eigenvalue weighted by molar-refractivity contribution is -0.115. The van der Waals surface area contributed by atoms with Crippen LogP contribution in [0.2, 0.25) is 0 Å². The number of anilines is 1. The number of carbonyl (C=O) groups is 1. The summed E-state index contributed by atoms with van der Waals surface area (Å²) < 4.78 is 11.2. The van der Waals surface area contributed by atoms with Crippen LogP contribution in [0.3, 0.4) is 0 Å². The summed E-state index contributed by atoms with van der Waals surface area (Å²) in [7, 11) is 0. The molecule has 0 aliphatic rings. The van der Waals surface area contributed by atoms with Gasteiger partial charge in [-0.05, 0) is 50.1 Å². The lowest BCUT2D eigenvalue weighted by Crippen LogP contribution is -2.20. The van der Waals surface area contributed by atoms with Crippen molar-refractivity contribution in [1.29, 1.82) is 0 Å². The molecule has 1 aromatic carbocycles. The molecule has 0 aliphatic carbocycles. The topological polar surface area (TPSA) is 85.3 Å². The maximum Gasteiger partial charge on any atom is 0.340 e. The van der Waals surface area contributed by atoms with Crippen molar-refractivity contribution in [3.05, 3.63) is 69.5 Å². The zero-order valence-corrected chi connectivity index (χ0v) is 15.3. The molecular weight excluding hydrogens is 344 g/mol. The van der Waals surface area contributed by atoms with Gasteiger partial charge in [0.05, 0.1) is 18.2 Å². The van der Waals surface area contributed by atoms with E-state index in [0.29, 0.717) is 22.4 Å². The number of furan rings is 1. The molecule has 6 nitrogen and oxygen atoms in total. The van der Waals surface area contributed by atoms with Crippen LogP contribution in [0.1, 0.15) is 22.3 Å². The molecule has 0 radical (unpaired) electrons. The van der Waals surface area contributed by atoms with Crippen molar-refractivity contribution in [2.75, 3.05) is 5.32 Å². The predicted molar refractivity (Wildman–Crippen MR) is 103 cm³/mol. The summed E-state index contributed by atoms with van der Waals surface area (Å²) in [6.07, 6.45) is 4.81. The fraction of sp³-hybridized carbons (Fsp3) is 0.190. The molecule has 0 aliphatic heterocycles. The zero-order chi connectivity index (χ0) is 19.1. The first-order valence-corrected chi connectivity index (χ1v) is 8.59. The molecule has 1 N–H and O–H groups in total. The average Bonchev–Trinajstić information content (AvgIpc) is 3.02. The number of aromatic nitrogens is 1. The van der Waals surface area contributed by atoms with Crippen molar-refractivity contribution < 1.29 is 13.6 Å². The molecule has 0 atom stereocenters. The van der Waals surface area contributed by atoms with E-state index in [1.165, 1.54) is 0 Å². The molecular formula is C21H18N2O4. The summed E-state index contributed by atoms with van der Waals surface area (Å²) >= 11 is 0. The van der Waals surface area contributed by atoms with Gasteiger partial charge in [-0.25, -0.2) is 4.79 Å². The Kier molecular flexibility index (Phi) is 4.03. The Balaban J connectivity index is 1.79. The van der Waals surface area contributed by atoms with E-state index in [1.54, 1.807) is 30.8 Å². The predicted octanol–water partition coefficient (Wildman–Crippen LogP) is 4.04. The highest BCUT2D eigenvalue weighted by Crippen LogP contribution is 2.32. The summed E-state index contributed by atoms with van der Waals surface area (Å²) in [4.78, 5) is 28.8. The number of hydrogen-bond acceptors (Lipinski definition) is 5. The zero-order valence-electron chi connectivity index (χ0n) is 15.3. The van der Waals surface area contributed by atoms with Gasteiger partial charge in [-0.3, -0.25) is 9.78 Å². The highest BCUT2D eigenvalue weighted by atomic mass is 16.4. The van der Waals surface area contributed by atoms with Crippen molar-refractivity contribution in [2.24, 2.45) is 0 Å². The summed E-state index contributed by atoms with van der Waals surface area (Å²) in [5.74, 6) is -0.284. The van der Waals surface area contributed by atoms with E-state index in [0.717, 1.165) is 27.5 Å². The third-order valence-corrected chi connectivity index (χ3v) is 4.84. The van der Waals surface area contributed by atoms with Crippen LogP contribution in [-0.2, 0) is 11.2 Å². The molecule has 0 unspecified atom stereocenters. The third-order valence-electron chi connectivity index (χ3n) is 4.84. The Morgan fingerprint density at radius 2 is 1.81 bits per heavy atom. The minimum absolute atomic E-state index is 0.0616. The van der Waals surface area contributed by atoms with Gasteiger partial charge in [0.1, 0.15) is 11.2 Å². The molecule has 0 saturated carbocycles. The summed E-state index contributed by atoms with van der Waals surface area (Å²) in [6, 6.07) is 5.34. The Bertz CT molecular complexity index is 1240. The van der Waals surface area contributed by atoms with Gasteiger partial charge in [-0.15, -0.1) is 0 Å². The summed E-state index contributed by atoms with van der Waals surface area (Å²) in [6.45, 7) is 5.68. The van der Waals surface area contributed by atoms with Gasteiger partial charge in [0.25, 0.3) is 0 Å². The monoisotopic (exact) mass is 362 g/mol. The Hall–Kier alpha value is -3.41. The van der Waals surface area contributed by atoms with Crippen LogP contribution in [0.4, 0.5) is 5.69 Å². The van der Waals surface area contributed by atoms with Crippen LogP contribution < -0.4 is 10.9 Å². The molecule has 4 rings (SSSR count). The minimum Gasteiger partial charge on any atom is -0.464 e. The molecule has 0 saturated heterocycles. The van der Waals surface area contributed by atoms with E-state index in [1.807, 2.05) is 26.8 Å². The van der Waals surface area contributed by atoms with Gasteiger partial charge in [0, 0.05) is 34.4 Å². The first-order chi connectivity index (χ1) is 13.0. The quantitative estimate of drug-likeness (QED) is 0.556. The number of pyridine rings is 1. The second-order valence-electron chi connectivity index (χ2n) is 6.63. The van der Waals surface area contributed by atoms with Crippen LogP contribution in [0.25, 0.3) is 21.9 Å². The number of nitrogens with one attached hydrogen (secondary N) is 1. The maximum atomic E-state index is 12.5. The first-order valence-electron chi connectivity index (χ1n) is 8.59. The van der Waals surface area contributed by atoms with Crippen LogP contribution in [0.15, 0.2) is 50.5 Å². The smallest absolute Gasteiger partial charge is 0.340 e. The lowest BCUT2D eigenvalue weighted by atomic mass is 9.99. The number of benzene rings is 1. The van der Waals surface area contributed by atoms with Crippen molar-refractivity contribution in [3.8, 4) is 0 Å². The molecule has 4 aromatic rings. The Labute approximate surface area is 154 Å². The summed E-state index contributed by atoms with van der Waals surface area (Å²) in [5, 5.41) is 4.56. The van der Waals surface area contributed by atoms with Gasteiger partial charge in [-0.1, -0.05) is 0 Å². The fourth-order valence-corrected chi connectivity index (χ4v) is 3.32. The minimum atomic E-state index is -0.504. The average molecular weight is 362 g/mol. The van der Waals surface area contributed by atoms with E-state index in [4.69, 9.17) is 8.83 Å². The standard InChI is InChI=1S/C21H18N2O4/c1-11-10-26-19-13(3)20-16(8-15(11)19)12(2)17(21(25)27-20)9-18(24)23-14-4-6-22-7-5-14/h4-8,10H,9H2,1-3H3,(H,22,23,24). The number of nitrogens with zero attached hydrogens (tertiary/aromatic N) is 1. The van der Waals surface area contributed by atoms with E-state index >= 15 is 0 Å². The largest absolute Gasteiger partial charge is 0.464 e. The number of hydrogen-bond donors (Lipinski definition) is 1. The molecule has 3 aromatic heterocycles. The number of rotatable bonds is 3. The van der Waals surface area contributed by atoms with Gasteiger partial charge >= 0.3 is 5.63 Å². The molecule has 0 fully saturated rings. The second kappa shape index (κ2) is 6.39. The van der Waals surface area contributed by atoms with Gasteiger partial charge in [0.2, 0.25) is 5.91 Å². The van der Waals surface area contributed by atoms with Crippen molar-refractivity contribution in [1.82, 2.24) is 4.98 Å². The molecule has 1 amide bonds. The second-order valence-corrected chi connectivity index (χ2v) is 6.63. The van der Waals surface area contributed by atoms with Crippen LogP contribution in [0.5, 0.6) is 0 Å². The van der Waals surface area contributed by atoms with Gasteiger partial charge in [-0.2, -0.15) is 0 Å². The number of fused-ring (bicyclic) bond motifs is 2. The Morgan fingerprint density at radius 3 is 2.56 bits per heavy atom. The van der Waals surface area contributed by atoms with Crippen molar-refractivity contribution >= 4 is 33.5 Å². The molecule has 0 bridgehead atoms. The third kappa shape index (κ3) is 2.89. The van der Waals surface area contributed by atoms with Crippen LogP contribution in [0, 0.1) is 20.8 Å². The Morgan fingerprint density at radius 1 is 1.07 bits per heavy atom. The summed E-state index contributed by atoms with van der Waals surface area (Å²) in [5.41, 5.74) is 4.23. The highest BCUT2D eigenvalue weighted by molar-refractivity contribution is 6.00. The van der Waals surface area contributed by atoms with E-state index in [-0.39, 0.29) is 12.3 Å².